The van der Waals surface area contributed by atoms with Gasteiger partial charge in [0, 0.05) is 38.8 Å². The van der Waals surface area contributed by atoms with E-state index in [-0.39, 0.29) is 0 Å². The summed E-state index contributed by atoms with van der Waals surface area (Å²) in [6.07, 6.45) is 5.76. The van der Waals surface area contributed by atoms with E-state index in [1.165, 1.54) is 57.4 Å². The zero-order chi connectivity index (χ0) is 13.8. The molecule has 1 heterocycles. The highest BCUT2D eigenvalue weighted by Crippen LogP contribution is 2.28. The second kappa shape index (κ2) is 6.73. The third-order valence-electron chi connectivity index (χ3n) is 5.19. The highest BCUT2D eigenvalue weighted by atomic mass is 15.3. The van der Waals surface area contributed by atoms with Crippen molar-refractivity contribution in [2.24, 2.45) is 5.92 Å². The highest BCUT2D eigenvalue weighted by Gasteiger charge is 2.29. The Hall–Kier alpha value is -0.860. The Morgan fingerprint density at radius 2 is 1.65 bits per heavy atom. The Bertz CT molecular complexity index is 395. The quantitative estimate of drug-likeness (QED) is 0.832. The first-order chi connectivity index (χ1) is 9.83. The predicted molar refractivity (Wildman–Crippen MR) is 84.7 cm³/mol. The summed E-state index contributed by atoms with van der Waals surface area (Å²) in [5.74, 6) is 0.907. The molecular weight excluding hydrogens is 244 g/mol. The molecule has 0 amide bonds. The van der Waals surface area contributed by atoms with E-state index in [0.29, 0.717) is 0 Å². The number of rotatable bonds is 3. The van der Waals surface area contributed by atoms with Gasteiger partial charge in [0.1, 0.15) is 0 Å². The summed E-state index contributed by atoms with van der Waals surface area (Å²) in [6, 6.07) is 11.8. The summed E-state index contributed by atoms with van der Waals surface area (Å²) in [7, 11) is 0. The first kappa shape index (κ1) is 14.1. The monoisotopic (exact) mass is 272 g/mol. The van der Waals surface area contributed by atoms with Crippen LogP contribution in [-0.2, 0) is 6.54 Å². The van der Waals surface area contributed by atoms with Crippen LogP contribution in [0.2, 0.25) is 0 Å². The lowest BCUT2D eigenvalue weighted by Crippen LogP contribution is -2.52. The minimum Gasteiger partial charge on any atom is -0.298 e. The molecule has 0 unspecified atom stereocenters. The van der Waals surface area contributed by atoms with E-state index < -0.39 is 0 Å². The van der Waals surface area contributed by atoms with E-state index in [1.54, 1.807) is 0 Å². The molecule has 1 saturated carbocycles. The summed E-state index contributed by atoms with van der Waals surface area (Å²) in [5.41, 5.74) is 1.45. The lowest BCUT2D eigenvalue weighted by molar-refractivity contribution is 0.0518. The largest absolute Gasteiger partial charge is 0.298 e. The van der Waals surface area contributed by atoms with E-state index in [2.05, 4.69) is 47.1 Å². The fraction of sp³-hybridized carbons (Fsp3) is 0.667. The van der Waals surface area contributed by atoms with Gasteiger partial charge in [-0.2, -0.15) is 0 Å². The van der Waals surface area contributed by atoms with Crippen LogP contribution in [0.25, 0.3) is 0 Å². The van der Waals surface area contributed by atoms with Crippen LogP contribution in [0.1, 0.15) is 38.2 Å². The van der Waals surface area contributed by atoms with Crippen molar-refractivity contribution in [1.29, 1.82) is 0 Å². The molecule has 1 aliphatic carbocycles. The lowest BCUT2D eigenvalue weighted by Gasteiger charge is -2.43. The van der Waals surface area contributed by atoms with Crippen molar-refractivity contribution in [2.45, 2.75) is 45.2 Å². The van der Waals surface area contributed by atoms with Crippen molar-refractivity contribution in [3.05, 3.63) is 35.9 Å². The van der Waals surface area contributed by atoms with Crippen LogP contribution in [0.3, 0.4) is 0 Å². The van der Waals surface area contributed by atoms with Crippen molar-refractivity contribution in [1.82, 2.24) is 9.80 Å². The maximum absolute atomic E-state index is 2.77. The van der Waals surface area contributed by atoms with Gasteiger partial charge in [0.15, 0.2) is 0 Å². The number of hydrogen-bond acceptors (Lipinski definition) is 2. The number of benzene rings is 1. The smallest absolute Gasteiger partial charge is 0.0234 e. The average molecular weight is 272 g/mol. The average Bonchev–Trinajstić information content (AvgIpc) is 2.50. The predicted octanol–water partition coefficient (Wildman–Crippen LogP) is 3.38. The van der Waals surface area contributed by atoms with Crippen molar-refractivity contribution in [3.63, 3.8) is 0 Å². The topological polar surface area (TPSA) is 6.48 Å². The SMILES string of the molecule is C[C@@H]1CCCC[C@@H]1N1CCN(Cc2ccccc2)CC1. The van der Waals surface area contributed by atoms with Crippen LogP contribution in [0.5, 0.6) is 0 Å². The van der Waals surface area contributed by atoms with Crippen molar-refractivity contribution < 1.29 is 0 Å². The molecule has 110 valence electrons. The van der Waals surface area contributed by atoms with E-state index in [9.17, 15) is 0 Å². The summed E-state index contributed by atoms with van der Waals surface area (Å²) < 4.78 is 0. The van der Waals surface area contributed by atoms with Crippen molar-refractivity contribution in [3.8, 4) is 0 Å². The zero-order valence-electron chi connectivity index (χ0n) is 12.8. The first-order valence-corrected chi connectivity index (χ1v) is 8.33. The van der Waals surface area contributed by atoms with Gasteiger partial charge in [0.05, 0.1) is 0 Å². The molecule has 0 bridgehead atoms. The minimum absolute atomic E-state index is 0.864. The van der Waals surface area contributed by atoms with Gasteiger partial charge in [-0.15, -0.1) is 0 Å². The molecule has 2 fully saturated rings. The number of hydrogen-bond donors (Lipinski definition) is 0. The molecule has 2 aliphatic rings. The van der Waals surface area contributed by atoms with Crippen LogP contribution in [0, 0.1) is 5.92 Å². The lowest BCUT2D eigenvalue weighted by atomic mass is 9.84. The zero-order valence-corrected chi connectivity index (χ0v) is 12.8. The molecule has 0 radical (unpaired) electrons. The van der Waals surface area contributed by atoms with Crippen molar-refractivity contribution in [2.75, 3.05) is 26.2 Å². The second-order valence-corrected chi connectivity index (χ2v) is 6.63. The van der Waals surface area contributed by atoms with Gasteiger partial charge >= 0.3 is 0 Å². The third-order valence-corrected chi connectivity index (χ3v) is 5.19. The fourth-order valence-corrected chi connectivity index (χ4v) is 3.93. The van der Waals surface area contributed by atoms with Crippen LogP contribution in [0.15, 0.2) is 30.3 Å². The van der Waals surface area contributed by atoms with Gasteiger partial charge in [0.25, 0.3) is 0 Å². The van der Waals surface area contributed by atoms with E-state index >= 15 is 0 Å². The summed E-state index contributed by atoms with van der Waals surface area (Å²) >= 11 is 0. The molecule has 0 aromatic heterocycles. The molecule has 20 heavy (non-hydrogen) atoms. The Kier molecular flexibility index (Phi) is 4.74. The Morgan fingerprint density at radius 3 is 2.35 bits per heavy atom. The molecule has 0 N–H and O–H groups in total. The maximum atomic E-state index is 2.77. The van der Waals surface area contributed by atoms with E-state index in [0.717, 1.165) is 18.5 Å². The second-order valence-electron chi connectivity index (χ2n) is 6.63. The molecule has 2 nitrogen and oxygen atoms in total. The van der Waals surface area contributed by atoms with Gasteiger partial charge in [-0.05, 0) is 24.3 Å². The van der Waals surface area contributed by atoms with Crippen LogP contribution < -0.4 is 0 Å². The normalized spacial score (nSPS) is 29.4. The van der Waals surface area contributed by atoms with Crippen molar-refractivity contribution >= 4 is 0 Å². The maximum Gasteiger partial charge on any atom is 0.0234 e. The minimum atomic E-state index is 0.864. The number of piperazine rings is 1. The summed E-state index contributed by atoms with van der Waals surface area (Å²) in [4.78, 5) is 5.38. The van der Waals surface area contributed by atoms with Crippen LogP contribution >= 0.6 is 0 Å². The Morgan fingerprint density at radius 1 is 0.950 bits per heavy atom. The summed E-state index contributed by atoms with van der Waals surface area (Å²) in [6.45, 7) is 8.58. The molecule has 3 rings (SSSR count). The molecule has 2 atom stereocenters. The van der Waals surface area contributed by atoms with Gasteiger partial charge in [-0.25, -0.2) is 0 Å². The molecule has 1 aromatic rings. The summed E-state index contributed by atoms with van der Waals surface area (Å²) in [5, 5.41) is 0. The third kappa shape index (κ3) is 3.42. The molecule has 1 aromatic carbocycles. The first-order valence-electron chi connectivity index (χ1n) is 8.33. The standard InChI is InChI=1S/C18H28N2/c1-16-7-5-6-10-18(16)20-13-11-19(12-14-20)15-17-8-3-2-4-9-17/h2-4,8-9,16,18H,5-7,10-15H2,1H3/t16-,18+/m1/s1. The van der Waals surface area contributed by atoms with Crippen LogP contribution in [-0.4, -0.2) is 42.0 Å². The molecular formula is C18H28N2. The molecule has 1 aliphatic heterocycles. The Labute approximate surface area is 123 Å². The van der Waals surface area contributed by atoms with Gasteiger partial charge in [-0.1, -0.05) is 50.1 Å². The molecule has 2 heteroatoms. The van der Waals surface area contributed by atoms with E-state index in [4.69, 9.17) is 0 Å². The van der Waals surface area contributed by atoms with Gasteiger partial charge in [-0.3, -0.25) is 9.80 Å². The van der Waals surface area contributed by atoms with Gasteiger partial charge in [0.2, 0.25) is 0 Å². The highest BCUT2D eigenvalue weighted by molar-refractivity contribution is 5.14. The Balaban J connectivity index is 1.49. The molecule has 1 saturated heterocycles. The van der Waals surface area contributed by atoms with Crippen LogP contribution in [0.4, 0.5) is 0 Å². The fourth-order valence-electron chi connectivity index (χ4n) is 3.93. The van der Waals surface area contributed by atoms with Gasteiger partial charge < -0.3 is 0 Å². The molecule has 0 spiro atoms. The van der Waals surface area contributed by atoms with E-state index in [1.807, 2.05) is 0 Å². The number of nitrogens with zero attached hydrogens (tertiary/aromatic N) is 2.